The highest BCUT2D eigenvalue weighted by Gasteiger charge is 2.73. The molecule has 0 aliphatic rings. The molecule has 0 bridgehead atoms. The zero-order chi connectivity index (χ0) is 27.0. The number of alkyl halides is 7. The molecule has 1 amide bonds. The Hall–Kier alpha value is -3.17. The van der Waals surface area contributed by atoms with E-state index in [4.69, 9.17) is 16.9 Å². The molecule has 188 valence electrons. The van der Waals surface area contributed by atoms with Crippen LogP contribution in [0.4, 0.5) is 36.4 Å². The summed E-state index contributed by atoms with van der Waals surface area (Å²) in [6, 6.07) is 7.07. The molecule has 2 aromatic carbocycles. The Bertz CT molecular complexity index is 1200. The van der Waals surface area contributed by atoms with Gasteiger partial charge in [0.1, 0.15) is 17.3 Å². The maximum absolute atomic E-state index is 14.3. The van der Waals surface area contributed by atoms with Gasteiger partial charge in [-0.15, -0.1) is 0 Å². The molecular formula is C22H19ClF7N3O2+2. The first-order chi connectivity index (χ1) is 15.8. The average molecular weight is 526 g/mol. The summed E-state index contributed by atoms with van der Waals surface area (Å²) in [6.07, 6.45) is -12.5. The Kier molecular flexibility index (Phi) is 7.59. The number of nitrogens with zero attached hydrogens (tertiary/aromatic N) is 1. The fraction of sp³-hybridized carbons (Fsp3) is 0.318. The van der Waals surface area contributed by atoms with Crippen LogP contribution < -0.4 is 10.3 Å². The van der Waals surface area contributed by atoms with Crippen LogP contribution in [0.25, 0.3) is 0 Å². The van der Waals surface area contributed by atoms with E-state index < -0.39 is 40.9 Å². The lowest BCUT2D eigenvalue weighted by Crippen LogP contribution is -2.86. The molecule has 0 saturated heterocycles. The van der Waals surface area contributed by atoms with E-state index in [1.165, 1.54) is 32.0 Å². The predicted octanol–water partition coefficient (Wildman–Crippen LogP) is 3.66. The van der Waals surface area contributed by atoms with Gasteiger partial charge in [-0.1, -0.05) is 11.6 Å². The number of primary amides is 1. The van der Waals surface area contributed by atoms with E-state index in [0.717, 1.165) is 18.3 Å². The molecule has 0 aliphatic carbocycles. The average Bonchev–Trinajstić information content (AvgIpc) is 2.72. The van der Waals surface area contributed by atoms with Gasteiger partial charge in [-0.3, -0.25) is 0 Å². The van der Waals surface area contributed by atoms with Crippen LogP contribution in [0.15, 0.2) is 36.4 Å². The Morgan fingerprint density at radius 2 is 1.57 bits per heavy atom. The quantitative estimate of drug-likeness (QED) is 0.241. The summed E-state index contributed by atoms with van der Waals surface area (Å²) >= 11 is 5.93. The van der Waals surface area contributed by atoms with Gasteiger partial charge in [-0.05, 0) is 37.3 Å². The van der Waals surface area contributed by atoms with Gasteiger partial charge >= 0.3 is 29.8 Å². The van der Waals surface area contributed by atoms with E-state index in [1.54, 1.807) is 0 Å². The van der Waals surface area contributed by atoms with Gasteiger partial charge in [0.2, 0.25) is 5.54 Å². The summed E-state index contributed by atoms with van der Waals surface area (Å²) < 4.78 is 92.5. The van der Waals surface area contributed by atoms with Crippen molar-refractivity contribution in [1.29, 1.82) is 5.26 Å². The van der Waals surface area contributed by atoms with Crippen molar-refractivity contribution in [3.63, 3.8) is 0 Å². The van der Waals surface area contributed by atoms with Crippen molar-refractivity contribution in [2.24, 2.45) is 0 Å². The van der Waals surface area contributed by atoms with Crippen molar-refractivity contribution in [2.75, 3.05) is 0 Å². The van der Waals surface area contributed by atoms with Gasteiger partial charge in [-0.25, -0.2) is 14.5 Å². The van der Waals surface area contributed by atoms with Crippen LogP contribution in [0, 0.1) is 18.3 Å². The maximum Gasteiger partial charge on any atom is 0.435 e. The number of amides is 1. The monoisotopic (exact) mass is 525 g/mol. The second kappa shape index (κ2) is 9.47. The van der Waals surface area contributed by atoms with Gasteiger partial charge < -0.3 is 5.11 Å². The number of aryl methyl sites for hydroxylation is 1. The smallest absolute Gasteiger partial charge is 0.435 e. The topological polar surface area (TPSA) is 91.7 Å². The summed E-state index contributed by atoms with van der Waals surface area (Å²) in [5.41, 5.74) is -9.08. The molecule has 0 spiro atoms. The van der Waals surface area contributed by atoms with Crippen LogP contribution >= 0.6 is 11.6 Å². The Labute approximate surface area is 199 Å². The van der Waals surface area contributed by atoms with Crippen LogP contribution in [0.3, 0.4) is 0 Å². The molecule has 0 atom stereocenters. The first-order valence-corrected chi connectivity index (χ1v) is 10.1. The molecule has 2 aromatic rings. The number of nitrogens with two attached hydrogens (primary N) is 1. The second-order valence-electron chi connectivity index (χ2n) is 8.13. The third kappa shape index (κ3) is 5.74. The highest BCUT2D eigenvalue weighted by atomic mass is 35.5. The Morgan fingerprint density at radius 3 is 2.06 bits per heavy atom. The fourth-order valence-electron chi connectivity index (χ4n) is 3.08. The minimum Gasteiger partial charge on any atom is -0.460 e. The molecule has 0 aliphatic heterocycles. The van der Waals surface area contributed by atoms with Crippen LogP contribution in [0.5, 0.6) is 0 Å². The summed E-state index contributed by atoms with van der Waals surface area (Å²) in [4.78, 5) is 15.4. The number of carbonyl (C=O) groups excluding carboxylic acids is 1. The highest BCUT2D eigenvalue weighted by molar-refractivity contribution is 6.31. The molecule has 5 nitrogen and oxygen atoms in total. The largest absolute Gasteiger partial charge is 0.460 e. The van der Waals surface area contributed by atoms with Crippen molar-refractivity contribution >= 4 is 29.1 Å². The third-order valence-corrected chi connectivity index (χ3v) is 5.18. The van der Waals surface area contributed by atoms with Gasteiger partial charge in [0.25, 0.3) is 0 Å². The Morgan fingerprint density at radius 1 is 1.00 bits per heavy atom. The predicted molar refractivity (Wildman–Crippen MR) is 111 cm³/mol. The molecule has 0 aromatic heterocycles. The van der Waals surface area contributed by atoms with Crippen molar-refractivity contribution in [2.45, 2.75) is 44.3 Å². The number of aliphatic hydroxyl groups is 1. The van der Waals surface area contributed by atoms with E-state index in [2.05, 4.69) is 4.99 Å². The lowest BCUT2D eigenvalue weighted by atomic mass is 9.92. The van der Waals surface area contributed by atoms with Crippen molar-refractivity contribution in [3.8, 4) is 6.07 Å². The number of nitrogens with one attached hydrogen (secondary N) is 1. The first kappa shape index (κ1) is 28.1. The second-order valence-corrected chi connectivity index (χ2v) is 8.57. The molecular weight excluding hydrogens is 507 g/mol. The van der Waals surface area contributed by atoms with E-state index in [0.29, 0.717) is 12.1 Å². The molecule has 0 heterocycles. The van der Waals surface area contributed by atoms with Crippen LogP contribution in [0.2, 0.25) is 5.02 Å². The number of hydrogen-bond donors (Lipinski definition) is 3. The van der Waals surface area contributed by atoms with Crippen LogP contribution in [-0.2, 0) is 5.67 Å². The first-order valence-electron chi connectivity index (χ1n) is 9.72. The minimum absolute atomic E-state index is 0.0869. The number of hydrogen-bond acceptors (Lipinski definition) is 2. The molecule has 0 saturated carbocycles. The van der Waals surface area contributed by atoms with Crippen molar-refractivity contribution in [3.05, 3.63) is 63.7 Å². The van der Waals surface area contributed by atoms with Gasteiger partial charge in [0, 0.05) is 36.1 Å². The van der Waals surface area contributed by atoms with E-state index in [1.807, 2.05) is 6.07 Å². The summed E-state index contributed by atoms with van der Waals surface area (Å²) in [7, 11) is 0. The number of halogens is 8. The molecule has 13 heteroatoms. The molecule has 0 fully saturated rings. The normalized spacial score (nSPS) is 13.5. The number of rotatable bonds is 5. The third-order valence-electron chi connectivity index (χ3n) is 4.95. The number of quaternary nitrogens is 1. The molecule has 0 unspecified atom stereocenters. The standard InChI is InChI=1S/C22H17ClF7N3O2/c1-11-8-12(20(24,21(25,26)27)22(28,29)30)4-7-16(11)32-17(34)14-6-5-13(23)9-15(14)18(35)33-19(2,3)10-31/h4-9H,1-3H3,(H,32,34)(H,33,35)/p+2. The van der Waals surface area contributed by atoms with Gasteiger partial charge in [0.15, 0.2) is 0 Å². The van der Waals surface area contributed by atoms with Crippen molar-refractivity contribution < 1.29 is 50.9 Å². The fourth-order valence-corrected chi connectivity index (χ4v) is 3.25. The summed E-state index contributed by atoms with van der Waals surface area (Å²) in [6.45, 7) is 4.00. The van der Waals surface area contributed by atoms with Gasteiger partial charge in [0.05, 0.1) is 5.56 Å². The molecule has 4 N–H and O–H groups in total. The minimum atomic E-state index is -6.27. The van der Waals surface area contributed by atoms with E-state index in [-0.39, 0.29) is 27.4 Å². The highest BCUT2D eigenvalue weighted by Crippen LogP contribution is 2.53. The zero-order valence-electron chi connectivity index (χ0n) is 18.4. The van der Waals surface area contributed by atoms with Crippen LogP contribution in [-0.4, -0.2) is 34.8 Å². The zero-order valence-corrected chi connectivity index (χ0v) is 19.1. The number of carbonyl (C=O) groups is 1. The van der Waals surface area contributed by atoms with Gasteiger partial charge in [-0.2, -0.15) is 36.6 Å². The molecule has 35 heavy (non-hydrogen) atoms. The molecule has 2 rings (SSSR count). The van der Waals surface area contributed by atoms with Crippen molar-refractivity contribution in [1.82, 2.24) is 0 Å². The summed E-state index contributed by atoms with van der Waals surface area (Å²) in [5.74, 6) is -1.37. The SMILES string of the molecule is Cc1cc(C(F)(C(F)(F)F)C(F)(F)F)ccc1[NH2+]C(=O)c1ccc(Cl)cc1C(O)=[NH+]C(C)(C)C#N. The lowest BCUT2D eigenvalue weighted by Gasteiger charge is -2.30. The maximum atomic E-state index is 14.3. The number of aliphatic hydroxyl groups excluding tert-OH is 1. The lowest BCUT2D eigenvalue weighted by molar-refractivity contribution is -0.531. The van der Waals surface area contributed by atoms with E-state index >= 15 is 0 Å². The number of nitriles is 1. The number of benzene rings is 2. The summed E-state index contributed by atoms with van der Waals surface area (Å²) in [5, 5.41) is 20.6. The van der Waals surface area contributed by atoms with E-state index in [9.17, 15) is 40.6 Å². The van der Waals surface area contributed by atoms with Crippen LogP contribution in [0.1, 0.15) is 40.9 Å². The molecule has 0 radical (unpaired) electrons. The Balaban J connectivity index is 2.49.